The zero-order valence-corrected chi connectivity index (χ0v) is 14.0. The summed E-state index contributed by atoms with van der Waals surface area (Å²) in [6.07, 6.45) is 0. The Morgan fingerprint density at radius 1 is 1.13 bits per heavy atom. The lowest BCUT2D eigenvalue weighted by molar-refractivity contribution is 0.0963. The molecule has 2 aromatic rings. The first-order chi connectivity index (χ1) is 10.9. The standard InChI is InChI=1S/C15H15ClN2O4S/c1-17-15(19)10-3-6-12(7-4-10)23(20,21)18-11-5-8-14(22-2)13(16)9-11/h3-9,18H,1-2H3,(H,17,19). The second kappa shape index (κ2) is 6.89. The van der Waals surface area contributed by atoms with Gasteiger partial charge in [-0.2, -0.15) is 0 Å². The quantitative estimate of drug-likeness (QED) is 0.864. The van der Waals surface area contributed by atoms with Crippen LogP contribution in [0.4, 0.5) is 5.69 Å². The van der Waals surface area contributed by atoms with Crippen LogP contribution in [-0.2, 0) is 10.0 Å². The number of sulfonamides is 1. The third-order valence-electron chi connectivity index (χ3n) is 3.06. The zero-order valence-electron chi connectivity index (χ0n) is 12.5. The molecule has 0 aliphatic rings. The maximum atomic E-state index is 12.3. The smallest absolute Gasteiger partial charge is 0.261 e. The summed E-state index contributed by atoms with van der Waals surface area (Å²) in [7, 11) is -0.807. The van der Waals surface area contributed by atoms with Crippen LogP contribution in [0.1, 0.15) is 10.4 Å². The first-order valence-electron chi connectivity index (χ1n) is 6.56. The van der Waals surface area contributed by atoms with Crippen molar-refractivity contribution in [1.82, 2.24) is 5.32 Å². The van der Waals surface area contributed by atoms with Crippen molar-refractivity contribution in [2.45, 2.75) is 4.90 Å². The van der Waals surface area contributed by atoms with Gasteiger partial charge in [0.25, 0.3) is 15.9 Å². The van der Waals surface area contributed by atoms with Gasteiger partial charge in [0.15, 0.2) is 0 Å². The Kier molecular flexibility index (Phi) is 5.12. The van der Waals surface area contributed by atoms with Gasteiger partial charge in [-0.15, -0.1) is 0 Å². The number of rotatable bonds is 5. The number of ether oxygens (including phenoxy) is 1. The summed E-state index contributed by atoms with van der Waals surface area (Å²) in [5, 5.41) is 2.76. The first kappa shape index (κ1) is 17.1. The lowest BCUT2D eigenvalue weighted by Crippen LogP contribution is -2.18. The van der Waals surface area contributed by atoms with Crippen molar-refractivity contribution in [2.75, 3.05) is 18.9 Å². The van der Waals surface area contributed by atoms with E-state index < -0.39 is 10.0 Å². The summed E-state index contributed by atoms with van der Waals surface area (Å²) < 4.78 is 32.1. The number of nitrogens with one attached hydrogen (secondary N) is 2. The van der Waals surface area contributed by atoms with Gasteiger partial charge in [0.2, 0.25) is 0 Å². The van der Waals surface area contributed by atoms with Crippen LogP contribution in [0.2, 0.25) is 5.02 Å². The van der Waals surface area contributed by atoms with Crippen LogP contribution < -0.4 is 14.8 Å². The third kappa shape index (κ3) is 3.94. The van der Waals surface area contributed by atoms with Gasteiger partial charge < -0.3 is 10.1 Å². The molecule has 0 unspecified atom stereocenters. The summed E-state index contributed by atoms with van der Waals surface area (Å²) in [6.45, 7) is 0. The lowest BCUT2D eigenvalue weighted by Gasteiger charge is -2.10. The molecule has 23 heavy (non-hydrogen) atoms. The van der Waals surface area contributed by atoms with Crippen LogP contribution in [0, 0.1) is 0 Å². The number of carbonyl (C=O) groups excluding carboxylic acids is 1. The Hall–Kier alpha value is -2.25. The average Bonchev–Trinajstić information content (AvgIpc) is 2.54. The molecule has 0 radical (unpaired) electrons. The predicted octanol–water partition coefficient (Wildman–Crippen LogP) is 2.51. The minimum Gasteiger partial charge on any atom is -0.495 e. The largest absolute Gasteiger partial charge is 0.495 e. The number of methoxy groups -OCH3 is 1. The van der Waals surface area contributed by atoms with Crippen LogP contribution in [0.3, 0.4) is 0 Å². The molecule has 0 fully saturated rings. The van der Waals surface area contributed by atoms with Gasteiger partial charge in [0, 0.05) is 12.6 Å². The van der Waals surface area contributed by atoms with Crippen LogP contribution in [0.25, 0.3) is 0 Å². The Balaban J connectivity index is 2.25. The Morgan fingerprint density at radius 2 is 1.78 bits per heavy atom. The number of hydrogen-bond donors (Lipinski definition) is 2. The summed E-state index contributed by atoms with van der Waals surface area (Å²) in [5.41, 5.74) is 0.685. The van der Waals surface area contributed by atoms with Gasteiger partial charge in [-0.25, -0.2) is 8.42 Å². The highest BCUT2D eigenvalue weighted by atomic mass is 35.5. The molecule has 0 bridgehead atoms. The van der Waals surface area contributed by atoms with E-state index in [1.54, 1.807) is 12.1 Å². The maximum absolute atomic E-state index is 12.3. The number of benzene rings is 2. The molecule has 0 saturated carbocycles. The van der Waals surface area contributed by atoms with Gasteiger partial charge in [0.1, 0.15) is 5.75 Å². The van der Waals surface area contributed by atoms with Crippen molar-refractivity contribution < 1.29 is 17.9 Å². The molecule has 2 aromatic carbocycles. The van der Waals surface area contributed by atoms with Crippen LogP contribution in [-0.4, -0.2) is 28.5 Å². The third-order valence-corrected chi connectivity index (χ3v) is 4.75. The summed E-state index contributed by atoms with van der Waals surface area (Å²) in [6, 6.07) is 10.2. The highest BCUT2D eigenvalue weighted by Crippen LogP contribution is 2.28. The second-order valence-electron chi connectivity index (χ2n) is 4.56. The number of halogens is 1. The molecule has 8 heteroatoms. The molecule has 122 valence electrons. The van der Waals surface area contributed by atoms with Gasteiger partial charge in [-0.05, 0) is 42.5 Å². The molecule has 2 N–H and O–H groups in total. The minimum atomic E-state index is -3.78. The van der Waals surface area contributed by atoms with E-state index in [0.717, 1.165) is 0 Å². The zero-order chi connectivity index (χ0) is 17.0. The number of amides is 1. The fourth-order valence-electron chi connectivity index (χ4n) is 1.87. The van der Waals surface area contributed by atoms with Gasteiger partial charge in [0.05, 0.1) is 22.7 Å². The van der Waals surface area contributed by atoms with Crippen molar-refractivity contribution in [3.8, 4) is 5.75 Å². The van der Waals surface area contributed by atoms with Gasteiger partial charge in [-0.1, -0.05) is 11.6 Å². The molecule has 2 rings (SSSR count). The van der Waals surface area contributed by atoms with Crippen LogP contribution in [0.5, 0.6) is 5.75 Å². The highest BCUT2D eigenvalue weighted by molar-refractivity contribution is 7.92. The molecular weight excluding hydrogens is 340 g/mol. The first-order valence-corrected chi connectivity index (χ1v) is 8.42. The Morgan fingerprint density at radius 3 is 2.30 bits per heavy atom. The van der Waals surface area contributed by atoms with Crippen LogP contribution >= 0.6 is 11.6 Å². The molecule has 0 aromatic heterocycles. The van der Waals surface area contributed by atoms with E-state index in [4.69, 9.17) is 16.3 Å². The Bertz CT molecular complexity index is 820. The molecule has 0 heterocycles. The fraction of sp³-hybridized carbons (Fsp3) is 0.133. The fourth-order valence-corrected chi connectivity index (χ4v) is 3.18. The molecule has 6 nitrogen and oxygen atoms in total. The molecule has 0 aliphatic carbocycles. The SMILES string of the molecule is CNC(=O)c1ccc(S(=O)(=O)Nc2ccc(OC)c(Cl)c2)cc1. The van der Waals surface area contributed by atoms with E-state index >= 15 is 0 Å². The molecule has 0 aliphatic heterocycles. The van der Waals surface area contributed by atoms with E-state index in [-0.39, 0.29) is 10.8 Å². The number of hydrogen-bond acceptors (Lipinski definition) is 4. The maximum Gasteiger partial charge on any atom is 0.261 e. The van der Waals surface area contributed by atoms with E-state index in [9.17, 15) is 13.2 Å². The average molecular weight is 355 g/mol. The molecule has 0 spiro atoms. The van der Waals surface area contributed by atoms with Crippen molar-refractivity contribution in [3.05, 3.63) is 53.1 Å². The Labute approximate surface area is 139 Å². The van der Waals surface area contributed by atoms with Gasteiger partial charge >= 0.3 is 0 Å². The van der Waals surface area contributed by atoms with Gasteiger partial charge in [-0.3, -0.25) is 9.52 Å². The van der Waals surface area contributed by atoms with Crippen LogP contribution in [0.15, 0.2) is 47.4 Å². The number of anilines is 1. The summed E-state index contributed by atoms with van der Waals surface area (Å²) in [4.78, 5) is 11.5. The van der Waals surface area contributed by atoms with E-state index in [1.807, 2.05) is 0 Å². The lowest BCUT2D eigenvalue weighted by atomic mass is 10.2. The van der Waals surface area contributed by atoms with E-state index in [2.05, 4.69) is 10.0 Å². The molecule has 0 saturated heterocycles. The molecule has 1 amide bonds. The number of carbonyl (C=O) groups is 1. The minimum absolute atomic E-state index is 0.0390. The second-order valence-corrected chi connectivity index (χ2v) is 6.65. The highest BCUT2D eigenvalue weighted by Gasteiger charge is 2.15. The normalized spacial score (nSPS) is 10.9. The molecule has 0 atom stereocenters. The van der Waals surface area contributed by atoms with E-state index in [0.29, 0.717) is 22.0 Å². The topological polar surface area (TPSA) is 84.5 Å². The van der Waals surface area contributed by atoms with Crippen molar-refractivity contribution in [2.24, 2.45) is 0 Å². The van der Waals surface area contributed by atoms with E-state index in [1.165, 1.54) is 44.5 Å². The molecular formula is C15H15ClN2O4S. The van der Waals surface area contributed by atoms with Crippen molar-refractivity contribution in [1.29, 1.82) is 0 Å². The monoisotopic (exact) mass is 354 g/mol. The summed E-state index contributed by atoms with van der Waals surface area (Å²) in [5.74, 6) is 0.161. The van der Waals surface area contributed by atoms with Crippen molar-refractivity contribution >= 4 is 33.2 Å². The predicted molar refractivity (Wildman–Crippen MR) is 88.6 cm³/mol. The summed E-state index contributed by atoms with van der Waals surface area (Å²) >= 11 is 5.97. The van der Waals surface area contributed by atoms with Crippen molar-refractivity contribution in [3.63, 3.8) is 0 Å².